The summed E-state index contributed by atoms with van der Waals surface area (Å²) in [6.07, 6.45) is 0. The van der Waals surface area contributed by atoms with E-state index >= 15 is 0 Å². The third-order valence-corrected chi connectivity index (χ3v) is 3.76. The zero-order valence-corrected chi connectivity index (χ0v) is 12.2. The lowest BCUT2D eigenvalue weighted by atomic mass is 10.2. The van der Waals surface area contributed by atoms with Crippen molar-refractivity contribution in [2.45, 2.75) is 12.8 Å². The highest BCUT2D eigenvalue weighted by molar-refractivity contribution is 6.32. The molecular weight excluding hydrogens is 298 g/mol. The van der Waals surface area contributed by atoms with E-state index in [2.05, 4.69) is 4.98 Å². The fourth-order valence-electron chi connectivity index (χ4n) is 2.34. The number of alkyl halides is 1. The lowest BCUT2D eigenvalue weighted by Crippen LogP contribution is -2.02. The van der Waals surface area contributed by atoms with Crippen molar-refractivity contribution >= 4 is 34.2 Å². The molecule has 0 saturated carbocycles. The Morgan fingerprint density at radius 1 is 1.25 bits per heavy atom. The lowest BCUT2D eigenvalue weighted by Gasteiger charge is -2.13. The summed E-state index contributed by atoms with van der Waals surface area (Å²) in [5, 5.41) is 0.583. The Morgan fingerprint density at radius 3 is 2.75 bits per heavy atom. The summed E-state index contributed by atoms with van der Waals surface area (Å²) in [5.74, 6) is 0.550. The number of para-hydroxylation sites is 1. The van der Waals surface area contributed by atoms with Gasteiger partial charge in [0.1, 0.15) is 11.6 Å². The molecule has 0 atom stereocenters. The number of hydrogen-bond donors (Lipinski definition) is 0. The van der Waals surface area contributed by atoms with Crippen molar-refractivity contribution in [2.24, 2.45) is 0 Å². The Hall–Kier alpha value is -1.58. The summed E-state index contributed by atoms with van der Waals surface area (Å²) < 4.78 is 15.4. The Balaban J connectivity index is 2.42. The second-order valence-electron chi connectivity index (χ2n) is 4.54. The number of aryl methyl sites for hydroxylation is 1. The monoisotopic (exact) mass is 308 g/mol. The van der Waals surface area contributed by atoms with Crippen molar-refractivity contribution in [1.82, 2.24) is 9.55 Å². The third kappa shape index (κ3) is 2.07. The number of halogens is 3. The zero-order valence-electron chi connectivity index (χ0n) is 10.7. The number of nitrogens with zero attached hydrogens (tertiary/aromatic N) is 2. The Morgan fingerprint density at radius 2 is 2.05 bits per heavy atom. The summed E-state index contributed by atoms with van der Waals surface area (Å²) in [7, 11) is 0. The van der Waals surface area contributed by atoms with Crippen molar-refractivity contribution in [1.29, 1.82) is 0 Å². The van der Waals surface area contributed by atoms with Gasteiger partial charge < -0.3 is 0 Å². The molecule has 0 saturated heterocycles. The van der Waals surface area contributed by atoms with Crippen molar-refractivity contribution < 1.29 is 4.39 Å². The van der Waals surface area contributed by atoms with Gasteiger partial charge in [-0.15, -0.1) is 11.6 Å². The minimum absolute atomic E-state index is 0.223. The molecule has 20 heavy (non-hydrogen) atoms. The third-order valence-electron chi connectivity index (χ3n) is 3.22. The van der Waals surface area contributed by atoms with Gasteiger partial charge in [-0.1, -0.05) is 23.7 Å². The lowest BCUT2D eigenvalue weighted by molar-refractivity contribution is 0.629. The summed E-state index contributed by atoms with van der Waals surface area (Å²) in [5.41, 5.74) is 3.13. The number of hydrogen-bond acceptors (Lipinski definition) is 1. The van der Waals surface area contributed by atoms with Gasteiger partial charge >= 0.3 is 0 Å². The highest BCUT2D eigenvalue weighted by atomic mass is 35.5. The van der Waals surface area contributed by atoms with E-state index in [1.165, 1.54) is 12.1 Å². The van der Waals surface area contributed by atoms with Crippen LogP contribution < -0.4 is 0 Å². The van der Waals surface area contributed by atoms with Gasteiger partial charge in [0.15, 0.2) is 0 Å². The Kier molecular flexibility index (Phi) is 3.40. The van der Waals surface area contributed by atoms with Crippen LogP contribution in [0.2, 0.25) is 5.02 Å². The molecule has 0 aliphatic carbocycles. The molecule has 2 aromatic carbocycles. The fourth-order valence-corrected chi connectivity index (χ4v) is 2.83. The highest BCUT2D eigenvalue weighted by Crippen LogP contribution is 2.30. The standard InChI is InChI=1S/C15H11Cl2FN2/c1-9-3-2-4-11(17)15(9)20-13-7-10(18)5-6-12(13)19-14(20)8-16/h2-7H,8H2,1H3. The molecule has 0 aliphatic rings. The maximum atomic E-state index is 13.5. The molecule has 1 aromatic heterocycles. The van der Waals surface area contributed by atoms with Crippen LogP contribution in [0.25, 0.3) is 16.7 Å². The SMILES string of the molecule is Cc1cccc(Cl)c1-n1c(CCl)nc2ccc(F)cc21. The van der Waals surface area contributed by atoms with E-state index in [1.54, 1.807) is 12.1 Å². The second kappa shape index (κ2) is 5.08. The van der Waals surface area contributed by atoms with Crippen LogP contribution in [0.5, 0.6) is 0 Å². The van der Waals surface area contributed by atoms with Crippen LogP contribution in [-0.4, -0.2) is 9.55 Å². The number of rotatable bonds is 2. The highest BCUT2D eigenvalue weighted by Gasteiger charge is 2.16. The molecule has 0 amide bonds. The minimum Gasteiger partial charge on any atom is -0.293 e. The van der Waals surface area contributed by atoms with Gasteiger partial charge in [-0.05, 0) is 30.7 Å². The van der Waals surface area contributed by atoms with Crippen LogP contribution in [0, 0.1) is 12.7 Å². The predicted molar refractivity (Wildman–Crippen MR) is 80.3 cm³/mol. The van der Waals surface area contributed by atoms with Gasteiger partial charge in [-0.3, -0.25) is 4.57 Å². The zero-order chi connectivity index (χ0) is 14.3. The van der Waals surface area contributed by atoms with Gasteiger partial charge in [-0.2, -0.15) is 0 Å². The van der Waals surface area contributed by atoms with Crippen molar-refractivity contribution in [2.75, 3.05) is 0 Å². The van der Waals surface area contributed by atoms with Crippen LogP contribution in [0.1, 0.15) is 11.4 Å². The molecule has 0 N–H and O–H groups in total. The van der Waals surface area contributed by atoms with Gasteiger partial charge in [0.2, 0.25) is 0 Å². The van der Waals surface area contributed by atoms with E-state index in [1.807, 2.05) is 23.6 Å². The molecule has 0 aliphatic heterocycles. The number of fused-ring (bicyclic) bond motifs is 1. The van der Waals surface area contributed by atoms with Gasteiger partial charge in [0, 0.05) is 6.07 Å². The molecule has 3 rings (SSSR count). The molecule has 0 radical (unpaired) electrons. The first-order valence-electron chi connectivity index (χ1n) is 6.10. The van der Waals surface area contributed by atoms with Crippen LogP contribution >= 0.6 is 23.2 Å². The normalized spacial score (nSPS) is 11.2. The summed E-state index contributed by atoms with van der Waals surface area (Å²) in [6.45, 7) is 1.95. The first kappa shape index (κ1) is 13.4. The Labute approximate surface area is 125 Å². The molecule has 0 unspecified atom stereocenters. The van der Waals surface area contributed by atoms with Gasteiger partial charge in [0.25, 0.3) is 0 Å². The smallest absolute Gasteiger partial charge is 0.129 e. The van der Waals surface area contributed by atoms with Crippen LogP contribution in [-0.2, 0) is 5.88 Å². The average Bonchev–Trinajstić information content (AvgIpc) is 2.77. The fraction of sp³-hybridized carbons (Fsp3) is 0.133. The quantitative estimate of drug-likeness (QED) is 0.618. The topological polar surface area (TPSA) is 17.8 Å². The Bertz CT molecular complexity index is 776. The molecular formula is C15H11Cl2FN2. The second-order valence-corrected chi connectivity index (χ2v) is 5.21. The average molecular weight is 309 g/mol. The first-order valence-corrected chi connectivity index (χ1v) is 7.01. The molecule has 2 nitrogen and oxygen atoms in total. The maximum absolute atomic E-state index is 13.5. The summed E-state index contributed by atoms with van der Waals surface area (Å²) >= 11 is 12.3. The van der Waals surface area contributed by atoms with E-state index in [0.29, 0.717) is 21.9 Å². The van der Waals surface area contributed by atoms with Crippen molar-refractivity contribution in [3.63, 3.8) is 0 Å². The van der Waals surface area contributed by atoms with Crippen LogP contribution in [0.3, 0.4) is 0 Å². The predicted octanol–water partition coefficient (Wildman–Crippen LogP) is 4.87. The van der Waals surface area contributed by atoms with E-state index in [-0.39, 0.29) is 11.7 Å². The van der Waals surface area contributed by atoms with Gasteiger partial charge in [-0.25, -0.2) is 9.37 Å². The van der Waals surface area contributed by atoms with E-state index < -0.39 is 0 Å². The molecule has 0 bridgehead atoms. The number of imidazole rings is 1. The van der Waals surface area contributed by atoms with Crippen LogP contribution in [0.15, 0.2) is 36.4 Å². The molecule has 0 spiro atoms. The maximum Gasteiger partial charge on any atom is 0.129 e. The van der Waals surface area contributed by atoms with E-state index in [4.69, 9.17) is 23.2 Å². The summed E-state index contributed by atoms with van der Waals surface area (Å²) in [6, 6.07) is 10.1. The molecule has 5 heteroatoms. The molecule has 3 aromatic rings. The van der Waals surface area contributed by atoms with Crippen molar-refractivity contribution in [3.8, 4) is 5.69 Å². The van der Waals surface area contributed by atoms with E-state index in [0.717, 1.165) is 11.3 Å². The number of benzene rings is 2. The number of aromatic nitrogens is 2. The van der Waals surface area contributed by atoms with Crippen molar-refractivity contribution in [3.05, 3.63) is 58.6 Å². The molecule has 102 valence electrons. The van der Waals surface area contributed by atoms with Crippen LogP contribution in [0.4, 0.5) is 4.39 Å². The van der Waals surface area contributed by atoms with Gasteiger partial charge in [0.05, 0.1) is 27.6 Å². The van der Waals surface area contributed by atoms with E-state index in [9.17, 15) is 4.39 Å². The summed E-state index contributed by atoms with van der Waals surface area (Å²) in [4.78, 5) is 4.44. The minimum atomic E-state index is -0.315. The first-order chi connectivity index (χ1) is 9.61. The molecule has 1 heterocycles. The largest absolute Gasteiger partial charge is 0.293 e. The molecule has 0 fully saturated rings.